The average Bonchev–Trinajstić information content (AvgIpc) is 2.84. The number of halogens is 2. The van der Waals surface area contributed by atoms with Gasteiger partial charge in [-0.1, -0.05) is 38.0 Å². The summed E-state index contributed by atoms with van der Waals surface area (Å²) in [5.74, 6) is 0.148. The van der Waals surface area contributed by atoms with Crippen LogP contribution in [0.5, 0.6) is 0 Å². The maximum absolute atomic E-state index is 13.4. The highest BCUT2D eigenvalue weighted by Crippen LogP contribution is 2.38. The largest absolute Gasteiger partial charge is 0.477 e. The van der Waals surface area contributed by atoms with E-state index in [9.17, 15) is 8.78 Å². The van der Waals surface area contributed by atoms with Gasteiger partial charge in [-0.15, -0.1) is 23.5 Å². The second kappa shape index (κ2) is 14.4. The van der Waals surface area contributed by atoms with Crippen molar-refractivity contribution in [2.45, 2.75) is 64.9 Å². The van der Waals surface area contributed by atoms with Crippen LogP contribution in [0, 0.1) is 11.6 Å². The molecule has 1 unspecified atom stereocenters. The van der Waals surface area contributed by atoms with Crippen LogP contribution in [0.3, 0.4) is 0 Å². The van der Waals surface area contributed by atoms with Gasteiger partial charge in [-0.05, 0) is 74.0 Å². The highest BCUT2D eigenvalue weighted by atomic mass is 32.2. The molecule has 1 atom stereocenters. The Labute approximate surface area is 214 Å². The summed E-state index contributed by atoms with van der Waals surface area (Å²) in [5, 5.41) is 0. The third kappa shape index (κ3) is 9.72. The van der Waals surface area contributed by atoms with Crippen LogP contribution < -0.4 is 0 Å². The Hall–Kier alpha value is -1.96. The first-order chi connectivity index (χ1) is 16.5. The fraction of sp³-hybridized carbons (Fsp3) is 0.296. The van der Waals surface area contributed by atoms with E-state index in [-0.39, 0.29) is 22.3 Å². The van der Waals surface area contributed by atoms with Gasteiger partial charge in [0.05, 0.1) is 10.7 Å². The van der Waals surface area contributed by atoms with Gasteiger partial charge in [0.25, 0.3) is 0 Å². The maximum Gasteiger partial charge on any atom is 0.197 e. The Kier molecular flexibility index (Phi) is 11.3. The fourth-order valence-corrected chi connectivity index (χ4v) is 6.16. The lowest BCUT2D eigenvalue weighted by molar-refractivity contribution is 0.190. The van der Waals surface area contributed by atoms with Crippen molar-refractivity contribution >= 4 is 41.4 Å². The summed E-state index contributed by atoms with van der Waals surface area (Å²) in [6.07, 6.45) is 3.80. The molecule has 34 heavy (non-hydrogen) atoms. The quantitative estimate of drug-likeness (QED) is 0.0784. The summed E-state index contributed by atoms with van der Waals surface area (Å²) < 4.78 is 37.9. The predicted molar refractivity (Wildman–Crippen MR) is 143 cm³/mol. The molecule has 0 saturated carbocycles. The molecule has 0 aliphatic heterocycles. The lowest BCUT2D eigenvalue weighted by atomic mass is 10.2. The van der Waals surface area contributed by atoms with Crippen molar-refractivity contribution in [2.24, 2.45) is 4.40 Å². The van der Waals surface area contributed by atoms with E-state index in [1.165, 1.54) is 36.2 Å². The van der Waals surface area contributed by atoms with Crippen LogP contribution in [-0.4, -0.2) is 16.6 Å². The molecule has 0 aliphatic rings. The first-order valence-corrected chi connectivity index (χ1v) is 13.8. The number of unbranched alkanes of at least 4 members (excludes halogenated alkanes) is 1. The Balaban J connectivity index is 1.80. The van der Waals surface area contributed by atoms with Crippen molar-refractivity contribution in [3.05, 3.63) is 90.5 Å². The zero-order chi connectivity index (χ0) is 24.2. The van der Waals surface area contributed by atoms with Gasteiger partial charge in [0.15, 0.2) is 5.90 Å². The summed E-state index contributed by atoms with van der Waals surface area (Å²) in [4.78, 5) is 2.95. The van der Waals surface area contributed by atoms with Gasteiger partial charge >= 0.3 is 0 Å². The first kappa shape index (κ1) is 26.6. The minimum absolute atomic E-state index is 0.00409. The van der Waals surface area contributed by atoms with E-state index in [0.29, 0.717) is 12.3 Å². The van der Waals surface area contributed by atoms with Gasteiger partial charge in [0.2, 0.25) is 0 Å². The number of hydrogen-bond acceptors (Lipinski definition) is 5. The van der Waals surface area contributed by atoms with Gasteiger partial charge in [-0.3, -0.25) is 0 Å². The molecule has 180 valence electrons. The Bertz CT molecular complexity index is 967. The van der Waals surface area contributed by atoms with E-state index in [2.05, 4.69) is 13.8 Å². The summed E-state index contributed by atoms with van der Waals surface area (Å²) in [7, 11) is 0. The standard InChI is InChI=1S/C27H29F2NOS3/c1-3-4-8-20(2)31-26(30-34-25-9-6-5-7-10-25)19-27(32-23-15-11-21(28)12-16-23)33-24-17-13-22(29)14-18-24/h5-7,9-18,20,27H,3-4,8,19H2,1-2H3. The molecule has 3 aromatic carbocycles. The molecule has 2 nitrogen and oxygen atoms in total. The number of benzene rings is 3. The zero-order valence-corrected chi connectivity index (χ0v) is 21.8. The summed E-state index contributed by atoms with van der Waals surface area (Å²) >= 11 is 4.65. The molecule has 0 amide bonds. The third-order valence-electron chi connectivity index (χ3n) is 4.80. The van der Waals surface area contributed by atoms with E-state index < -0.39 is 0 Å². The van der Waals surface area contributed by atoms with Crippen molar-refractivity contribution in [1.82, 2.24) is 0 Å². The van der Waals surface area contributed by atoms with Crippen molar-refractivity contribution in [3.63, 3.8) is 0 Å². The van der Waals surface area contributed by atoms with E-state index in [4.69, 9.17) is 9.13 Å². The van der Waals surface area contributed by atoms with Crippen LogP contribution in [0.25, 0.3) is 0 Å². The van der Waals surface area contributed by atoms with Gasteiger partial charge in [0, 0.05) is 33.1 Å². The van der Waals surface area contributed by atoms with Crippen molar-refractivity contribution < 1.29 is 13.5 Å². The molecule has 0 aliphatic carbocycles. The molecular formula is C27H29F2NOS3. The topological polar surface area (TPSA) is 21.6 Å². The van der Waals surface area contributed by atoms with Gasteiger partial charge in [-0.25, -0.2) is 8.78 Å². The number of ether oxygens (including phenoxy) is 1. The number of hydrogen-bond donors (Lipinski definition) is 0. The maximum atomic E-state index is 13.4. The molecule has 0 fully saturated rings. The minimum Gasteiger partial charge on any atom is -0.477 e. The van der Waals surface area contributed by atoms with Crippen LogP contribution in [-0.2, 0) is 4.74 Å². The highest BCUT2D eigenvalue weighted by molar-refractivity contribution is 8.17. The molecule has 0 bridgehead atoms. The minimum atomic E-state index is -0.262. The molecule has 0 saturated heterocycles. The van der Waals surface area contributed by atoms with Gasteiger partial charge in [0.1, 0.15) is 11.6 Å². The summed E-state index contributed by atoms with van der Waals surface area (Å²) in [5.41, 5.74) is 0. The molecule has 0 N–H and O–H groups in total. The van der Waals surface area contributed by atoms with Crippen LogP contribution in [0.4, 0.5) is 8.78 Å². The number of thioether (sulfide) groups is 2. The third-order valence-corrected chi connectivity index (χ3v) is 8.10. The molecule has 7 heteroatoms. The Morgan fingerprint density at radius 1 is 0.824 bits per heavy atom. The fourth-order valence-electron chi connectivity index (χ4n) is 3.05. The normalized spacial score (nSPS) is 12.7. The Morgan fingerprint density at radius 2 is 1.38 bits per heavy atom. The molecule has 3 aromatic rings. The van der Waals surface area contributed by atoms with Crippen molar-refractivity contribution in [3.8, 4) is 0 Å². The lowest BCUT2D eigenvalue weighted by Crippen LogP contribution is -2.18. The van der Waals surface area contributed by atoms with E-state index in [1.807, 2.05) is 30.3 Å². The lowest BCUT2D eigenvalue weighted by Gasteiger charge is -2.21. The van der Waals surface area contributed by atoms with Gasteiger partial charge < -0.3 is 4.74 Å². The molecule has 3 rings (SSSR count). The van der Waals surface area contributed by atoms with Crippen LogP contribution in [0.15, 0.2) is 97.9 Å². The monoisotopic (exact) mass is 517 g/mol. The van der Waals surface area contributed by atoms with E-state index >= 15 is 0 Å². The van der Waals surface area contributed by atoms with Crippen molar-refractivity contribution in [1.29, 1.82) is 0 Å². The second-order valence-corrected chi connectivity index (χ2v) is 11.4. The van der Waals surface area contributed by atoms with Crippen LogP contribution in [0.2, 0.25) is 0 Å². The second-order valence-electron chi connectivity index (χ2n) is 7.74. The smallest absolute Gasteiger partial charge is 0.197 e. The van der Waals surface area contributed by atoms with Crippen LogP contribution in [0.1, 0.15) is 39.5 Å². The molecule has 0 heterocycles. The molecule has 0 spiro atoms. The molecular weight excluding hydrogens is 489 g/mol. The average molecular weight is 518 g/mol. The van der Waals surface area contributed by atoms with E-state index in [0.717, 1.165) is 33.9 Å². The number of rotatable bonds is 12. The van der Waals surface area contributed by atoms with E-state index in [1.54, 1.807) is 47.8 Å². The molecule has 0 radical (unpaired) electrons. The summed E-state index contributed by atoms with van der Waals surface area (Å²) in [6, 6.07) is 22.9. The molecule has 0 aromatic heterocycles. The highest BCUT2D eigenvalue weighted by Gasteiger charge is 2.19. The predicted octanol–water partition coefficient (Wildman–Crippen LogP) is 9.27. The number of nitrogens with zero attached hydrogens (tertiary/aromatic N) is 1. The first-order valence-electron chi connectivity index (χ1n) is 11.3. The van der Waals surface area contributed by atoms with Crippen molar-refractivity contribution in [2.75, 3.05) is 0 Å². The zero-order valence-electron chi connectivity index (χ0n) is 19.3. The van der Waals surface area contributed by atoms with Gasteiger partial charge in [-0.2, -0.15) is 4.40 Å². The Morgan fingerprint density at radius 3 is 1.91 bits per heavy atom. The SMILES string of the molecule is CCCCC(C)OC(CC(Sc1ccc(F)cc1)Sc1ccc(F)cc1)=NSc1ccccc1. The van der Waals surface area contributed by atoms with Crippen LogP contribution >= 0.6 is 35.5 Å². The summed E-state index contributed by atoms with van der Waals surface area (Å²) in [6.45, 7) is 4.25.